The van der Waals surface area contributed by atoms with Crippen molar-refractivity contribution in [3.05, 3.63) is 0 Å². The van der Waals surface area contributed by atoms with Crippen LogP contribution in [0.2, 0.25) is 0 Å². The van der Waals surface area contributed by atoms with Gasteiger partial charge in [0, 0.05) is 13.2 Å². The maximum atomic E-state index is 12.4. The van der Waals surface area contributed by atoms with Crippen molar-refractivity contribution in [2.75, 3.05) is 47.6 Å². The lowest BCUT2D eigenvalue weighted by Gasteiger charge is -2.24. The van der Waals surface area contributed by atoms with Gasteiger partial charge in [-0.15, -0.1) is 0 Å². The van der Waals surface area contributed by atoms with Crippen LogP contribution in [0.25, 0.3) is 0 Å². The van der Waals surface area contributed by atoms with Gasteiger partial charge < -0.3 is 19.1 Å². The predicted molar refractivity (Wildman–Crippen MR) is 147 cm³/mol. The zero-order chi connectivity index (χ0) is 25.7. The van der Waals surface area contributed by atoms with Crippen LogP contribution in [0.3, 0.4) is 0 Å². The van der Waals surface area contributed by atoms with Gasteiger partial charge in [-0.1, -0.05) is 90.9 Å². The number of rotatable bonds is 25. The van der Waals surface area contributed by atoms with Crippen LogP contribution in [0.15, 0.2) is 0 Å². The minimum absolute atomic E-state index is 0.000814. The first-order chi connectivity index (χ1) is 17.0. The molecule has 1 saturated carbocycles. The highest BCUT2D eigenvalue weighted by Crippen LogP contribution is 2.49. The summed E-state index contributed by atoms with van der Waals surface area (Å²) in [5.74, 6) is 1.39. The van der Waals surface area contributed by atoms with Crippen molar-refractivity contribution in [2.45, 2.75) is 123 Å². The van der Waals surface area contributed by atoms with Crippen LogP contribution in [0.5, 0.6) is 0 Å². The molecule has 0 spiro atoms. The van der Waals surface area contributed by atoms with Crippen molar-refractivity contribution in [1.29, 1.82) is 0 Å². The van der Waals surface area contributed by atoms with Gasteiger partial charge in [0.25, 0.3) is 0 Å². The summed E-state index contributed by atoms with van der Waals surface area (Å²) in [5.41, 5.74) is 0. The molecule has 5 nitrogen and oxygen atoms in total. The van der Waals surface area contributed by atoms with Crippen LogP contribution in [-0.2, 0) is 19.0 Å². The number of methoxy groups -OCH3 is 1. The number of ether oxygens (including phenoxy) is 3. The van der Waals surface area contributed by atoms with E-state index in [4.69, 9.17) is 14.2 Å². The molecule has 0 radical (unpaired) electrons. The number of carbonyl (C=O) groups is 1. The van der Waals surface area contributed by atoms with E-state index >= 15 is 0 Å². The molecule has 1 fully saturated rings. The van der Waals surface area contributed by atoms with E-state index in [1.807, 2.05) is 0 Å². The Kier molecular flexibility index (Phi) is 19.8. The Morgan fingerprint density at radius 1 is 0.800 bits per heavy atom. The molecule has 0 aromatic heterocycles. The van der Waals surface area contributed by atoms with E-state index in [0.717, 1.165) is 51.4 Å². The number of hydrogen-bond donors (Lipinski definition) is 0. The first-order valence-corrected chi connectivity index (χ1v) is 14.9. The van der Waals surface area contributed by atoms with Gasteiger partial charge in [-0.25, -0.2) is 0 Å². The van der Waals surface area contributed by atoms with Crippen molar-refractivity contribution < 1.29 is 19.0 Å². The topological polar surface area (TPSA) is 48.0 Å². The SMILES string of the molecule is CCCCCCCCC1CC1C(CCCCOCC(COCCCCCCC)N(C)C)C(=O)OC. The third-order valence-corrected chi connectivity index (χ3v) is 7.72. The fraction of sp³-hybridized carbons (Fsp3) is 0.967. The third kappa shape index (κ3) is 15.9. The lowest BCUT2D eigenvalue weighted by atomic mass is 9.94. The molecule has 4 unspecified atom stereocenters. The maximum absolute atomic E-state index is 12.4. The smallest absolute Gasteiger partial charge is 0.308 e. The Hall–Kier alpha value is -0.650. The quantitative estimate of drug-likeness (QED) is 0.0980. The Bertz CT molecular complexity index is 499. The van der Waals surface area contributed by atoms with E-state index < -0.39 is 0 Å². The van der Waals surface area contributed by atoms with Crippen molar-refractivity contribution in [1.82, 2.24) is 4.90 Å². The molecule has 0 aromatic rings. The van der Waals surface area contributed by atoms with Crippen molar-refractivity contribution in [3.8, 4) is 0 Å². The molecule has 0 saturated heterocycles. The van der Waals surface area contributed by atoms with E-state index in [1.54, 1.807) is 0 Å². The highest BCUT2D eigenvalue weighted by molar-refractivity contribution is 5.73. The molecule has 35 heavy (non-hydrogen) atoms. The third-order valence-electron chi connectivity index (χ3n) is 7.72. The Morgan fingerprint density at radius 3 is 1.91 bits per heavy atom. The molecule has 0 aliphatic heterocycles. The Labute approximate surface area is 218 Å². The molecule has 1 rings (SSSR count). The summed E-state index contributed by atoms with van der Waals surface area (Å²) in [4.78, 5) is 14.6. The number of unbranched alkanes of at least 4 members (excludes halogenated alkanes) is 10. The van der Waals surface area contributed by atoms with E-state index in [9.17, 15) is 4.79 Å². The Balaban J connectivity index is 2.15. The van der Waals surface area contributed by atoms with Crippen LogP contribution >= 0.6 is 0 Å². The molecule has 4 atom stereocenters. The second kappa shape index (κ2) is 21.4. The molecule has 1 aliphatic rings. The largest absolute Gasteiger partial charge is 0.469 e. The summed E-state index contributed by atoms with van der Waals surface area (Å²) in [6.07, 6.45) is 19.9. The number of esters is 1. The highest BCUT2D eigenvalue weighted by Gasteiger charge is 2.45. The van der Waals surface area contributed by atoms with Crippen LogP contribution in [0.4, 0.5) is 0 Å². The second-order valence-corrected chi connectivity index (χ2v) is 11.0. The van der Waals surface area contributed by atoms with Gasteiger partial charge in [0.15, 0.2) is 0 Å². The molecule has 208 valence electrons. The molecular formula is C30H59NO4. The summed E-state index contributed by atoms with van der Waals surface area (Å²) in [6, 6.07) is 0.294. The van der Waals surface area contributed by atoms with Gasteiger partial charge in [-0.2, -0.15) is 0 Å². The Morgan fingerprint density at radius 2 is 1.34 bits per heavy atom. The molecule has 0 heterocycles. The van der Waals surface area contributed by atoms with Crippen molar-refractivity contribution >= 4 is 5.97 Å². The van der Waals surface area contributed by atoms with Gasteiger partial charge in [-0.3, -0.25) is 4.79 Å². The standard InChI is InChI=1S/C30H59NO4/c1-6-8-10-12-13-15-19-26-23-29(26)28(30(32)33-5)20-16-18-22-35-25-27(31(3)4)24-34-21-17-14-11-9-7-2/h26-29H,6-25H2,1-5H3. The van der Waals surface area contributed by atoms with Gasteiger partial charge in [0.05, 0.1) is 32.3 Å². The number of nitrogens with zero attached hydrogens (tertiary/aromatic N) is 1. The maximum Gasteiger partial charge on any atom is 0.308 e. The lowest BCUT2D eigenvalue weighted by molar-refractivity contribution is -0.146. The fourth-order valence-corrected chi connectivity index (χ4v) is 5.10. The van der Waals surface area contributed by atoms with Crippen LogP contribution in [0.1, 0.15) is 117 Å². The molecule has 0 aromatic carbocycles. The monoisotopic (exact) mass is 497 g/mol. The first kappa shape index (κ1) is 32.4. The van der Waals surface area contributed by atoms with E-state index in [0.29, 0.717) is 18.6 Å². The van der Waals surface area contributed by atoms with Gasteiger partial charge >= 0.3 is 5.97 Å². The number of hydrogen-bond acceptors (Lipinski definition) is 5. The van der Waals surface area contributed by atoms with Gasteiger partial charge in [0.2, 0.25) is 0 Å². The van der Waals surface area contributed by atoms with E-state index in [2.05, 4.69) is 32.8 Å². The summed E-state index contributed by atoms with van der Waals surface area (Å²) in [5, 5.41) is 0. The van der Waals surface area contributed by atoms with Gasteiger partial charge in [0.1, 0.15) is 0 Å². The second-order valence-electron chi connectivity index (χ2n) is 11.0. The molecule has 0 N–H and O–H groups in total. The average molecular weight is 498 g/mol. The van der Waals surface area contributed by atoms with E-state index in [1.165, 1.54) is 84.2 Å². The molecular weight excluding hydrogens is 438 g/mol. The normalized spacial score (nSPS) is 19.1. The minimum atomic E-state index is 0.000814. The van der Waals surface area contributed by atoms with E-state index in [-0.39, 0.29) is 11.9 Å². The fourth-order valence-electron chi connectivity index (χ4n) is 5.10. The number of carbonyl (C=O) groups excluding carboxylic acids is 1. The summed E-state index contributed by atoms with van der Waals surface area (Å²) >= 11 is 0. The first-order valence-electron chi connectivity index (χ1n) is 14.9. The predicted octanol–water partition coefficient (Wildman–Crippen LogP) is 7.27. The summed E-state index contributed by atoms with van der Waals surface area (Å²) < 4.78 is 17.0. The zero-order valence-corrected chi connectivity index (χ0v) is 24.0. The van der Waals surface area contributed by atoms with Gasteiger partial charge in [-0.05, 0) is 51.6 Å². The minimum Gasteiger partial charge on any atom is -0.469 e. The molecule has 1 aliphatic carbocycles. The van der Waals surface area contributed by atoms with Crippen LogP contribution < -0.4 is 0 Å². The highest BCUT2D eigenvalue weighted by atomic mass is 16.5. The van der Waals surface area contributed by atoms with Crippen LogP contribution in [-0.4, -0.2) is 64.5 Å². The van der Waals surface area contributed by atoms with Crippen LogP contribution in [0, 0.1) is 17.8 Å². The number of likely N-dealkylation sites (N-methyl/N-ethyl adjacent to an activating group) is 1. The average Bonchev–Trinajstić information content (AvgIpc) is 3.62. The molecule has 0 amide bonds. The summed E-state index contributed by atoms with van der Waals surface area (Å²) in [6.45, 7) is 7.54. The van der Waals surface area contributed by atoms with Crippen molar-refractivity contribution in [2.24, 2.45) is 17.8 Å². The molecule has 0 bridgehead atoms. The zero-order valence-electron chi connectivity index (χ0n) is 24.0. The van der Waals surface area contributed by atoms with Crippen molar-refractivity contribution in [3.63, 3.8) is 0 Å². The lowest BCUT2D eigenvalue weighted by Crippen LogP contribution is -2.37. The summed E-state index contributed by atoms with van der Waals surface area (Å²) in [7, 11) is 5.73. The molecule has 5 heteroatoms.